The second kappa shape index (κ2) is 6.39. The van der Waals surface area contributed by atoms with E-state index in [4.69, 9.17) is 4.42 Å². The molecule has 6 heteroatoms. The lowest BCUT2D eigenvalue weighted by atomic mass is 10.2. The van der Waals surface area contributed by atoms with Gasteiger partial charge in [0.25, 0.3) is 0 Å². The van der Waals surface area contributed by atoms with Gasteiger partial charge in [-0.3, -0.25) is 0 Å². The SMILES string of the molecule is CCN(Cc1ccoc1C(=O)OC)c1ccc(F)c(F)c1. The third kappa shape index (κ3) is 3.21. The zero-order valence-electron chi connectivity index (χ0n) is 11.7. The van der Waals surface area contributed by atoms with E-state index in [9.17, 15) is 13.6 Å². The van der Waals surface area contributed by atoms with Crippen molar-refractivity contribution in [3.63, 3.8) is 0 Å². The molecule has 1 heterocycles. The monoisotopic (exact) mass is 295 g/mol. The van der Waals surface area contributed by atoms with E-state index in [-0.39, 0.29) is 5.76 Å². The van der Waals surface area contributed by atoms with Crippen LogP contribution >= 0.6 is 0 Å². The van der Waals surface area contributed by atoms with Gasteiger partial charge in [0.05, 0.1) is 13.4 Å². The topological polar surface area (TPSA) is 42.7 Å². The standard InChI is InChI=1S/C15H15F2NO3/c1-3-18(11-4-5-12(16)13(17)8-11)9-10-6-7-21-14(10)15(19)20-2/h4-8H,3,9H2,1-2H3. The van der Waals surface area contributed by atoms with Crippen LogP contribution in [-0.4, -0.2) is 19.6 Å². The van der Waals surface area contributed by atoms with Crippen molar-refractivity contribution in [2.45, 2.75) is 13.5 Å². The van der Waals surface area contributed by atoms with Crippen molar-refractivity contribution >= 4 is 11.7 Å². The Morgan fingerprint density at radius 2 is 2.05 bits per heavy atom. The molecule has 0 saturated heterocycles. The van der Waals surface area contributed by atoms with Gasteiger partial charge in [-0.1, -0.05) is 0 Å². The van der Waals surface area contributed by atoms with Crippen LogP contribution in [0.2, 0.25) is 0 Å². The maximum Gasteiger partial charge on any atom is 0.374 e. The van der Waals surface area contributed by atoms with E-state index in [0.29, 0.717) is 24.3 Å². The van der Waals surface area contributed by atoms with E-state index < -0.39 is 17.6 Å². The summed E-state index contributed by atoms with van der Waals surface area (Å²) in [4.78, 5) is 13.3. The van der Waals surface area contributed by atoms with Gasteiger partial charge < -0.3 is 14.1 Å². The van der Waals surface area contributed by atoms with Crippen LogP contribution in [0.4, 0.5) is 14.5 Å². The molecule has 0 radical (unpaired) electrons. The number of nitrogens with zero attached hydrogens (tertiary/aromatic N) is 1. The summed E-state index contributed by atoms with van der Waals surface area (Å²) >= 11 is 0. The van der Waals surface area contributed by atoms with Crippen LogP contribution in [-0.2, 0) is 11.3 Å². The molecule has 0 N–H and O–H groups in total. The first-order valence-corrected chi connectivity index (χ1v) is 6.41. The Balaban J connectivity index is 2.25. The molecule has 0 saturated carbocycles. The Labute approximate surface area is 120 Å². The molecule has 112 valence electrons. The molecular formula is C15H15F2NO3. The van der Waals surface area contributed by atoms with Crippen LogP contribution in [0, 0.1) is 11.6 Å². The van der Waals surface area contributed by atoms with Gasteiger partial charge in [0.2, 0.25) is 5.76 Å². The Bertz CT molecular complexity index is 640. The predicted molar refractivity (Wildman–Crippen MR) is 73.1 cm³/mol. The summed E-state index contributed by atoms with van der Waals surface area (Å²) < 4.78 is 36.0. The quantitative estimate of drug-likeness (QED) is 0.793. The molecule has 0 aliphatic rings. The second-order valence-electron chi connectivity index (χ2n) is 4.38. The van der Waals surface area contributed by atoms with Gasteiger partial charge in [-0.05, 0) is 25.1 Å². The van der Waals surface area contributed by atoms with Gasteiger partial charge in [-0.15, -0.1) is 0 Å². The van der Waals surface area contributed by atoms with Gasteiger partial charge in [-0.25, -0.2) is 13.6 Å². The van der Waals surface area contributed by atoms with Gasteiger partial charge in [-0.2, -0.15) is 0 Å². The highest BCUT2D eigenvalue weighted by molar-refractivity contribution is 5.87. The normalized spacial score (nSPS) is 10.5. The summed E-state index contributed by atoms with van der Waals surface area (Å²) in [7, 11) is 1.27. The number of methoxy groups -OCH3 is 1. The zero-order valence-corrected chi connectivity index (χ0v) is 11.7. The summed E-state index contributed by atoms with van der Waals surface area (Å²) in [6, 6.07) is 5.33. The molecule has 0 unspecified atom stereocenters. The number of esters is 1. The van der Waals surface area contributed by atoms with Crippen LogP contribution in [0.25, 0.3) is 0 Å². The number of carbonyl (C=O) groups is 1. The van der Waals surface area contributed by atoms with Gasteiger partial charge in [0.1, 0.15) is 0 Å². The third-order valence-corrected chi connectivity index (χ3v) is 3.13. The summed E-state index contributed by atoms with van der Waals surface area (Å²) in [5.41, 5.74) is 1.14. The predicted octanol–water partition coefficient (Wildman–Crippen LogP) is 3.37. The van der Waals surface area contributed by atoms with Crippen molar-refractivity contribution < 1.29 is 22.7 Å². The molecule has 2 rings (SSSR count). The van der Waals surface area contributed by atoms with E-state index in [2.05, 4.69) is 4.74 Å². The summed E-state index contributed by atoms with van der Waals surface area (Å²) in [6.07, 6.45) is 1.39. The van der Waals surface area contributed by atoms with E-state index >= 15 is 0 Å². The molecule has 2 aromatic rings. The number of halogens is 2. The van der Waals surface area contributed by atoms with Crippen molar-refractivity contribution in [1.29, 1.82) is 0 Å². The Hall–Kier alpha value is -2.37. The van der Waals surface area contributed by atoms with Crippen LogP contribution < -0.4 is 4.90 Å². The molecule has 0 aliphatic carbocycles. The van der Waals surface area contributed by atoms with Crippen molar-refractivity contribution in [1.82, 2.24) is 0 Å². The first-order chi connectivity index (χ1) is 10.1. The lowest BCUT2D eigenvalue weighted by molar-refractivity contribution is 0.0563. The number of carbonyl (C=O) groups excluding carboxylic acids is 1. The van der Waals surface area contributed by atoms with Crippen molar-refractivity contribution in [2.75, 3.05) is 18.6 Å². The summed E-state index contributed by atoms with van der Waals surface area (Å²) in [5, 5.41) is 0. The number of benzene rings is 1. The van der Waals surface area contributed by atoms with E-state index in [0.717, 1.165) is 12.1 Å². The maximum absolute atomic E-state index is 13.3. The lowest BCUT2D eigenvalue weighted by Gasteiger charge is -2.23. The zero-order chi connectivity index (χ0) is 15.4. The van der Waals surface area contributed by atoms with Crippen molar-refractivity contribution in [3.8, 4) is 0 Å². The molecular weight excluding hydrogens is 280 g/mol. The molecule has 0 fully saturated rings. The van der Waals surface area contributed by atoms with Gasteiger partial charge >= 0.3 is 5.97 Å². The second-order valence-corrected chi connectivity index (χ2v) is 4.38. The average molecular weight is 295 g/mol. The number of furan rings is 1. The smallest absolute Gasteiger partial charge is 0.374 e. The maximum atomic E-state index is 13.3. The Morgan fingerprint density at radius 1 is 1.29 bits per heavy atom. The van der Waals surface area contributed by atoms with E-state index in [1.54, 1.807) is 11.0 Å². The number of rotatable bonds is 5. The molecule has 0 amide bonds. The highest BCUT2D eigenvalue weighted by Crippen LogP contribution is 2.22. The fraction of sp³-hybridized carbons (Fsp3) is 0.267. The van der Waals surface area contributed by atoms with E-state index in [1.165, 1.54) is 19.4 Å². The molecule has 1 aromatic carbocycles. The number of ether oxygens (including phenoxy) is 1. The van der Waals surface area contributed by atoms with Gasteiger partial charge in [0, 0.05) is 30.4 Å². The van der Waals surface area contributed by atoms with Crippen LogP contribution in [0.15, 0.2) is 34.9 Å². The number of anilines is 1. The van der Waals surface area contributed by atoms with Gasteiger partial charge in [0.15, 0.2) is 11.6 Å². The molecule has 0 atom stereocenters. The minimum Gasteiger partial charge on any atom is -0.463 e. The van der Waals surface area contributed by atoms with Crippen molar-refractivity contribution in [2.24, 2.45) is 0 Å². The summed E-state index contributed by atoms with van der Waals surface area (Å²) in [5.74, 6) is -2.27. The number of hydrogen-bond acceptors (Lipinski definition) is 4. The first kappa shape index (κ1) is 15.0. The minimum atomic E-state index is -0.911. The molecule has 0 bridgehead atoms. The highest BCUT2D eigenvalue weighted by atomic mass is 19.2. The first-order valence-electron chi connectivity index (χ1n) is 6.41. The molecule has 4 nitrogen and oxygen atoms in total. The molecule has 21 heavy (non-hydrogen) atoms. The largest absolute Gasteiger partial charge is 0.463 e. The molecule has 0 aliphatic heterocycles. The van der Waals surface area contributed by atoms with Crippen molar-refractivity contribution in [3.05, 3.63) is 53.5 Å². The van der Waals surface area contributed by atoms with E-state index in [1.807, 2.05) is 6.92 Å². The molecule has 0 spiro atoms. The summed E-state index contributed by atoms with van der Waals surface area (Å²) in [6.45, 7) is 2.75. The van der Waals surface area contributed by atoms with Crippen LogP contribution in [0.1, 0.15) is 23.0 Å². The number of hydrogen-bond donors (Lipinski definition) is 0. The lowest BCUT2D eigenvalue weighted by Crippen LogP contribution is -2.23. The third-order valence-electron chi connectivity index (χ3n) is 3.13. The van der Waals surface area contributed by atoms with Crippen LogP contribution in [0.5, 0.6) is 0 Å². The fourth-order valence-corrected chi connectivity index (χ4v) is 2.01. The molecule has 1 aromatic heterocycles. The highest BCUT2D eigenvalue weighted by Gasteiger charge is 2.18. The Morgan fingerprint density at radius 3 is 2.67 bits per heavy atom. The minimum absolute atomic E-state index is 0.110. The average Bonchev–Trinajstić information content (AvgIpc) is 2.95. The van der Waals surface area contributed by atoms with Crippen LogP contribution in [0.3, 0.4) is 0 Å². The Kier molecular flexibility index (Phi) is 4.57. The fourth-order valence-electron chi connectivity index (χ4n) is 2.01.